The lowest BCUT2D eigenvalue weighted by atomic mass is 9.92. The molecule has 28 heavy (non-hydrogen) atoms. The van der Waals surface area contributed by atoms with Gasteiger partial charge in [-0.1, -0.05) is 13.8 Å². The number of nitrogens with zero attached hydrogens (tertiary/aromatic N) is 3. The number of hydrogen-bond donors (Lipinski definition) is 1. The molecule has 2 amide bonds. The van der Waals surface area contributed by atoms with Crippen LogP contribution in [0, 0.1) is 17.7 Å². The summed E-state index contributed by atoms with van der Waals surface area (Å²) in [6, 6.07) is 5.92. The molecule has 0 saturated carbocycles. The predicted molar refractivity (Wildman–Crippen MR) is 107 cm³/mol. The molecule has 2 aromatic rings. The van der Waals surface area contributed by atoms with Crippen LogP contribution in [0.15, 0.2) is 24.3 Å². The van der Waals surface area contributed by atoms with Crippen LogP contribution in [0.25, 0.3) is 5.69 Å². The van der Waals surface area contributed by atoms with Crippen LogP contribution in [0.1, 0.15) is 31.5 Å². The number of piperidine rings is 1. The zero-order valence-corrected chi connectivity index (χ0v) is 16.8. The van der Waals surface area contributed by atoms with Crippen LogP contribution in [0.2, 0.25) is 0 Å². The molecule has 1 saturated heterocycles. The van der Waals surface area contributed by atoms with E-state index in [2.05, 4.69) is 24.3 Å². The highest BCUT2D eigenvalue weighted by Crippen LogP contribution is 2.36. The number of hydrogen-bond acceptors (Lipinski definition) is 4. The van der Waals surface area contributed by atoms with Crippen LogP contribution in [-0.2, 0) is 21.1 Å². The fourth-order valence-corrected chi connectivity index (χ4v) is 5.08. The van der Waals surface area contributed by atoms with Gasteiger partial charge in [-0.2, -0.15) is 16.9 Å². The summed E-state index contributed by atoms with van der Waals surface area (Å²) in [4.78, 5) is 27.1. The molecule has 0 radical (unpaired) electrons. The second-order valence-corrected chi connectivity index (χ2v) is 8.75. The van der Waals surface area contributed by atoms with Gasteiger partial charge in [-0.3, -0.25) is 9.59 Å². The van der Waals surface area contributed by atoms with Crippen molar-refractivity contribution >= 4 is 29.4 Å². The topological polar surface area (TPSA) is 67.2 Å². The van der Waals surface area contributed by atoms with E-state index in [-0.39, 0.29) is 5.82 Å². The van der Waals surface area contributed by atoms with Crippen LogP contribution in [0.4, 0.5) is 10.2 Å². The number of carbonyl (C=O) groups excluding carboxylic acids is 2. The summed E-state index contributed by atoms with van der Waals surface area (Å²) >= 11 is 1.71. The number of fused-ring (bicyclic) bond motifs is 1. The van der Waals surface area contributed by atoms with Gasteiger partial charge in [0.05, 0.1) is 11.4 Å². The van der Waals surface area contributed by atoms with E-state index in [1.165, 1.54) is 12.1 Å². The van der Waals surface area contributed by atoms with Crippen LogP contribution >= 0.6 is 11.8 Å². The second kappa shape index (κ2) is 7.58. The van der Waals surface area contributed by atoms with Crippen molar-refractivity contribution in [3.63, 3.8) is 0 Å². The third kappa shape index (κ3) is 3.65. The number of anilines is 1. The summed E-state index contributed by atoms with van der Waals surface area (Å²) in [6.45, 7) is 5.40. The standard InChI is InChI=1S/C20H23FN4O2S/c1-12-7-13(2)9-24(8-12)20(27)19(26)22-18-16-10-28-11-17(16)23-25(18)15-5-3-14(21)4-6-15/h3-6,12-13H,7-11H2,1-2H3,(H,22,26)/t12-,13-/m1/s1. The van der Waals surface area contributed by atoms with E-state index in [9.17, 15) is 14.0 Å². The third-order valence-corrected chi connectivity index (χ3v) is 6.18. The Labute approximate surface area is 167 Å². The molecule has 1 N–H and O–H groups in total. The van der Waals surface area contributed by atoms with Crippen molar-refractivity contribution in [2.75, 3.05) is 18.4 Å². The molecule has 8 heteroatoms. The van der Waals surface area contributed by atoms with E-state index in [0.29, 0.717) is 36.4 Å². The number of benzene rings is 1. The van der Waals surface area contributed by atoms with Crippen molar-refractivity contribution in [3.05, 3.63) is 41.3 Å². The number of thioether (sulfide) groups is 1. The van der Waals surface area contributed by atoms with Gasteiger partial charge in [0.15, 0.2) is 0 Å². The van der Waals surface area contributed by atoms with Gasteiger partial charge >= 0.3 is 11.8 Å². The molecular formula is C20H23FN4O2S. The first-order valence-electron chi connectivity index (χ1n) is 9.47. The zero-order chi connectivity index (χ0) is 19.8. The number of amides is 2. The van der Waals surface area contributed by atoms with Gasteiger partial charge in [0, 0.05) is 30.2 Å². The molecule has 0 unspecified atom stereocenters. The molecular weight excluding hydrogens is 379 g/mol. The number of carbonyl (C=O) groups is 2. The average molecular weight is 402 g/mol. The van der Waals surface area contributed by atoms with Crippen molar-refractivity contribution in [1.29, 1.82) is 0 Å². The monoisotopic (exact) mass is 402 g/mol. The summed E-state index contributed by atoms with van der Waals surface area (Å²) < 4.78 is 14.9. The normalized spacial score (nSPS) is 21.5. The quantitative estimate of drug-likeness (QED) is 0.784. The minimum atomic E-state index is -0.649. The summed E-state index contributed by atoms with van der Waals surface area (Å²) in [5, 5.41) is 7.37. The minimum absolute atomic E-state index is 0.340. The Morgan fingerprint density at radius 1 is 1.14 bits per heavy atom. The van der Waals surface area contributed by atoms with Crippen molar-refractivity contribution < 1.29 is 14.0 Å². The van der Waals surface area contributed by atoms with E-state index >= 15 is 0 Å². The molecule has 0 bridgehead atoms. The molecule has 2 aliphatic heterocycles. The van der Waals surface area contributed by atoms with Gasteiger partial charge in [0.2, 0.25) is 0 Å². The smallest absolute Gasteiger partial charge is 0.315 e. The lowest BCUT2D eigenvalue weighted by Gasteiger charge is -2.34. The fourth-order valence-electron chi connectivity index (χ4n) is 4.04. The molecule has 1 aromatic carbocycles. The van der Waals surface area contributed by atoms with Crippen molar-refractivity contribution in [3.8, 4) is 5.69 Å². The maximum absolute atomic E-state index is 13.3. The molecule has 0 spiro atoms. The Morgan fingerprint density at radius 2 is 1.82 bits per heavy atom. The van der Waals surface area contributed by atoms with Crippen LogP contribution in [0.5, 0.6) is 0 Å². The van der Waals surface area contributed by atoms with Gasteiger partial charge < -0.3 is 10.2 Å². The molecule has 2 atom stereocenters. The van der Waals surface area contributed by atoms with Crippen LogP contribution < -0.4 is 5.32 Å². The first-order chi connectivity index (χ1) is 13.4. The molecule has 4 rings (SSSR count). The SMILES string of the molecule is C[C@@H]1C[C@@H](C)CN(C(=O)C(=O)Nc2c3c(nn2-c2ccc(F)cc2)CSC3)C1. The maximum Gasteiger partial charge on any atom is 0.315 e. The first kappa shape index (κ1) is 19.0. The van der Waals surface area contributed by atoms with E-state index in [0.717, 1.165) is 29.2 Å². The Balaban J connectivity index is 1.59. The molecule has 1 fully saturated rings. The minimum Gasteiger partial charge on any atom is -0.334 e. The average Bonchev–Trinajstić information content (AvgIpc) is 3.23. The summed E-state index contributed by atoms with van der Waals surface area (Å²) in [5.74, 6) is 1.24. The molecule has 148 valence electrons. The van der Waals surface area contributed by atoms with E-state index in [1.54, 1.807) is 33.5 Å². The second-order valence-electron chi connectivity index (χ2n) is 7.77. The van der Waals surface area contributed by atoms with Gasteiger partial charge in [0.1, 0.15) is 11.6 Å². The number of rotatable bonds is 2. The Morgan fingerprint density at radius 3 is 2.50 bits per heavy atom. The van der Waals surface area contributed by atoms with Gasteiger partial charge in [-0.25, -0.2) is 9.07 Å². The first-order valence-corrected chi connectivity index (χ1v) is 10.6. The predicted octanol–water partition coefficient (Wildman–Crippen LogP) is 3.20. The highest BCUT2D eigenvalue weighted by Gasteiger charge is 2.31. The van der Waals surface area contributed by atoms with E-state index in [4.69, 9.17) is 0 Å². The van der Waals surface area contributed by atoms with Gasteiger partial charge in [-0.05, 0) is 42.5 Å². The Hall–Kier alpha value is -2.35. The van der Waals surface area contributed by atoms with E-state index < -0.39 is 11.8 Å². The summed E-state index contributed by atoms with van der Waals surface area (Å²) in [5.41, 5.74) is 2.46. The van der Waals surface area contributed by atoms with Crippen LogP contribution in [0.3, 0.4) is 0 Å². The summed E-state index contributed by atoms with van der Waals surface area (Å²) in [7, 11) is 0. The molecule has 2 aliphatic rings. The highest BCUT2D eigenvalue weighted by atomic mass is 32.2. The number of halogens is 1. The molecule has 3 heterocycles. The highest BCUT2D eigenvalue weighted by molar-refractivity contribution is 7.98. The maximum atomic E-state index is 13.3. The largest absolute Gasteiger partial charge is 0.334 e. The third-order valence-electron chi connectivity index (χ3n) is 5.21. The summed E-state index contributed by atoms with van der Waals surface area (Å²) in [6.07, 6.45) is 1.06. The van der Waals surface area contributed by atoms with Gasteiger partial charge in [0.25, 0.3) is 0 Å². The van der Waals surface area contributed by atoms with Crippen molar-refractivity contribution in [2.24, 2.45) is 11.8 Å². The Bertz CT molecular complexity index is 902. The van der Waals surface area contributed by atoms with Gasteiger partial charge in [-0.15, -0.1) is 0 Å². The Kier molecular flexibility index (Phi) is 5.14. The molecule has 0 aliphatic carbocycles. The molecule has 6 nitrogen and oxygen atoms in total. The zero-order valence-electron chi connectivity index (χ0n) is 15.9. The van der Waals surface area contributed by atoms with Crippen LogP contribution in [-0.4, -0.2) is 39.6 Å². The number of nitrogens with one attached hydrogen (secondary N) is 1. The molecule has 1 aromatic heterocycles. The van der Waals surface area contributed by atoms with Crippen molar-refractivity contribution in [1.82, 2.24) is 14.7 Å². The lowest BCUT2D eigenvalue weighted by molar-refractivity contribution is -0.145. The fraction of sp³-hybridized carbons (Fsp3) is 0.450. The van der Waals surface area contributed by atoms with Crippen molar-refractivity contribution in [2.45, 2.75) is 31.8 Å². The van der Waals surface area contributed by atoms with E-state index in [1.807, 2.05) is 0 Å². The lowest BCUT2D eigenvalue weighted by Crippen LogP contribution is -2.47. The number of aromatic nitrogens is 2. The number of likely N-dealkylation sites (tertiary alicyclic amines) is 1.